The van der Waals surface area contributed by atoms with Crippen LogP contribution in [0.2, 0.25) is 0 Å². The molecule has 1 heterocycles. The molecule has 0 unspecified atom stereocenters. The smallest absolute Gasteiger partial charge is 0.307 e. The van der Waals surface area contributed by atoms with Crippen molar-refractivity contribution in [1.29, 1.82) is 0 Å². The number of fused-ring (bicyclic) bond motifs is 1. The maximum absolute atomic E-state index is 11.4. The molecule has 194 valence electrons. The Hall–Kier alpha value is -1.71. The zero-order chi connectivity index (χ0) is 25.5. The number of carboxylic acid groups (broad SMARTS) is 1. The van der Waals surface area contributed by atoms with Crippen LogP contribution in [0.3, 0.4) is 0 Å². The maximum Gasteiger partial charge on any atom is 0.307 e. The van der Waals surface area contributed by atoms with Crippen molar-refractivity contribution in [3.63, 3.8) is 0 Å². The number of benzene rings is 1. The van der Waals surface area contributed by atoms with Gasteiger partial charge in [0.15, 0.2) is 0 Å². The van der Waals surface area contributed by atoms with E-state index < -0.39 is 5.97 Å². The topological polar surface area (TPSA) is 66.8 Å². The van der Waals surface area contributed by atoms with Crippen LogP contribution in [0, 0.1) is 31.6 Å². The number of ether oxygens (including phenoxy) is 1. The third kappa shape index (κ3) is 8.20. The third-order valence-electron chi connectivity index (χ3n) is 8.04. The summed E-state index contributed by atoms with van der Waals surface area (Å²) in [6.07, 6.45) is 12.9. The highest BCUT2D eigenvalue weighted by Gasteiger charge is 2.35. The van der Waals surface area contributed by atoms with Gasteiger partial charge >= 0.3 is 5.97 Å². The molecule has 0 aliphatic carbocycles. The molecule has 2 N–H and O–H groups in total. The zero-order valence-corrected chi connectivity index (χ0v) is 22.9. The number of hydrogen-bond donors (Lipinski definition) is 2. The molecule has 4 nitrogen and oxygen atoms in total. The van der Waals surface area contributed by atoms with Gasteiger partial charge in [-0.05, 0) is 75.3 Å². The van der Waals surface area contributed by atoms with Crippen LogP contribution >= 0.6 is 0 Å². The summed E-state index contributed by atoms with van der Waals surface area (Å²) in [4.78, 5) is 11.4. The molecule has 4 heteroatoms. The van der Waals surface area contributed by atoms with Crippen molar-refractivity contribution in [2.75, 3.05) is 0 Å². The van der Waals surface area contributed by atoms with Crippen molar-refractivity contribution in [1.82, 2.24) is 0 Å². The Morgan fingerprint density at radius 3 is 2.06 bits per heavy atom. The van der Waals surface area contributed by atoms with Crippen molar-refractivity contribution >= 4 is 5.97 Å². The maximum atomic E-state index is 11.4. The summed E-state index contributed by atoms with van der Waals surface area (Å²) in [5, 5.41) is 19.9. The van der Waals surface area contributed by atoms with E-state index in [1.807, 2.05) is 13.8 Å². The average Bonchev–Trinajstić information content (AvgIpc) is 2.75. The van der Waals surface area contributed by atoms with Gasteiger partial charge in [0.2, 0.25) is 0 Å². The van der Waals surface area contributed by atoms with Gasteiger partial charge in [0.1, 0.15) is 17.1 Å². The highest BCUT2D eigenvalue weighted by Crippen LogP contribution is 2.45. The van der Waals surface area contributed by atoms with Gasteiger partial charge in [-0.1, -0.05) is 72.6 Å². The number of carbonyl (C=O) groups is 1. The Balaban J connectivity index is 1.84. The molecule has 1 aromatic carbocycles. The second-order valence-corrected chi connectivity index (χ2v) is 11.9. The lowest BCUT2D eigenvalue weighted by molar-refractivity contribution is -0.136. The summed E-state index contributed by atoms with van der Waals surface area (Å²) in [5.74, 6) is 2.41. The van der Waals surface area contributed by atoms with Gasteiger partial charge in [-0.3, -0.25) is 4.79 Å². The first kappa shape index (κ1) is 28.5. The lowest BCUT2D eigenvalue weighted by Gasteiger charge is -2.38. The number of hydrogen-bond acceptors (Lipinski definition) is 3. The Labute approximate surface area is 208 Å². The van der Waals surface area contributed by atoms with Crippen molar-refractivity contribution < 1.29 is 19.7 Å². The van der Waals surface area contributed by atoms with Crippen molar-refractivity contribution in [3.8, 4) is 11.5 Å². The molecule has 0 aromatic heterocycles. The predicted molar refractivity (Wildman–Crippen MR) is 141 cm³/mol. The molecule has 34 heavy (non-hydrogen) atoms. The van der Waals surface area contributed by atoms with E-state index in [0.717, 1.165) is 65.9 Å². The molecular weight excluding hydrogens is 424 g/mol. The molecule has 1 aromatic rings. The normalized spacial score (nSPS) is 19.5. The Morgan fingerprint density at radius 2 is 1.50 bits per heavy atom. The first-order valence-electron chi connectivity index (χ1n) is 13.7. The molecule has 1 aliphatic heterocycles. The van der Waals surface area contributed by atoms with Gasteiger partial charge in [-0.15, -0.1) is 0 Å². The minimum Gasteiger partial charge on any atom is -0.507 e. The minimum atomic E-state index is -0.923. The van der Waals surface area contributed by atoms with Gasteiger partial charge in [-0.25, -0.2) is 0 Å². The van der Waals surface area contributed by atoms with Gasteiger partial charge < -0.3 is 14.9 Å². The van der Waals surface area contributed by atoms with Crippen LogP contribution in [0.5, 0.6) is 11.5 Å². The molecule has 0 saturated carbocycles. The Bertz CT molecular complexity index is 813. The van der Waals surface area contributed by atoms with Gasteiger partial charge in [-0.2, -0.15) is 0 Å². The number of aliphatic carboxylic acids is 1. The lowest BCUT2D eigenvalue weighted by atomic mass is 9.83. The Morgan fingerprint density at radius 1 is 0.941 bits per heavy atom. The number of rotatable bonds is 14. The lowest BCUT2D eigenvalue weighted by Crippen LogP contribution is -2.37. The van der Waals surface area contributed by atoms with E-state index in [4.69, 9.17) is 4.74 Å². The van der Waals surface area contributed by atoms with E-state index in [0.29, 0.717) is 5.56 Å². The van der Waals surface area contributed by atoms with Crippen LogP contribution in [0.15, 0.2) is 0 Å². The summed E-state index contributed by atoms with van der Waals surface area (Å²) in [6.45, 7) is 15.4. The highest BCUT2D eigenvalue weighted by molar-refractivity contribution is 5.74. The first-order chi connectivity index (χ1) is 15.9. The number of carboxylic acids is 1. The van der Waals surface area contributed by atoms with Crippen LogP contribution in [-0.2, 0) is 17.6 Å². The third-order valence-corrected chi connectivity index (χ3v) is 8.04. The fraction of sp³-hybridized carbons (Fsp3) is 0.767. The molecule has 0 radical (unpaired) electrons. The van der Waals surface area contributed by atoms with Crippen LogP contribution in [0.4, 0.5) is 0 Å². The molecule has 0 bridgehead atoms. The van der Waals surface area contributed by atoms with Gasteiger partial charge in [0, 0.05) is 11.1 Å². The SMILES string of the molecule is Cc1c(C)c2c(c(CC(=O)O)c1O)CC[C@@](C)(CCC[C@H](C)CCC[C@H](C)CCCC(C)C)O2. The second-order valence-electron chi connectivity index (χ2n) is 11.9. The van der Waals surface area contributed by atoms with Crippen molar-refractivity contribution in [3.05, 3.63) is 22.3 Å². The van der Waals surface area contributed by atoms with Crippen LogP contribution in [0.25, 0.3) is 0 Å². The van der Waals surface area contributed by atoms with E-state index >= 15 is 0 Å². The first-order valence-corrected chi connectivity index (χ1v) is 13.7. The molecule has 0 saturated heterocycles. The quantitative estimate of drug-likeness (QED) is 0.285. The molecule has 0 amide bonds. The number of aromatic hydroxyl groups is 1. The largest absolute Gasteiger partial charge is 0.507 e. The highest BCUT2D eigenvalue weighted by atomic mass is 16.5. The molecule has 2 rings (SSSR count). The van der Waals surface area contributed by atoms with Crippen LogP contribution < -0.4 is 4.74 Å². The average molecular weight is 475 g/mol. The van der Waals surface area contributed by atoms with Crippen LogP contribution in [0.1, 0.15) is 121 Å². The summed E-state index contributed by atoms with van der Waals surface area (Å²) in [6, 6.07) is 0. The monoisotopic (exact) mass is 474 g/mol. The Kier molecular flexibility index (Phi) is 10.8. The molecule has 0 fully saturated rings. The molecule has 3 atom stereocenters. The summed E-state index contributed by atoms with van der Waals surface area (Å²) in [7, 11) is 0. The van der Waals surface area contributed by atoms with E-state index in [2.05, 4.69) is 34.6 Å². The van der Waals surface area contributed by atoms with Gasteiger partial charge in [0.25, 0.3) is 0 Å². The van der Waals surface area contributed by atoms with E-state index in [-0.39, 0.29) is 17.8 Å². The van der Waals surface area contributed by atoms with E-state index in [1.165, 1.54) is 44.9 Å². The standard InChI is InChI=1S/C30H50O4/c1-20(2)11-8-12-21(3)13-9-14-22(4)15-10-17-30(7)18-16-25-26(19-27(31)32)28(33)23(5)24(6)29(25)34-30/h20-22,33H,8-19H2,1-7H3,(H,31,32)/t21-,22-,30-/m1/s1. The fourth-order valence-corrected chi connectivity index (χ4v) is 5.49. The second kappa shape index (κ2) is 12.8. The van der Waals surface area contributed by atoms with E-state index in [9.17, 15) is 15.0 Å². The van der Waals surface area contributed by atoms with Crippen molar-refractivity contribution in [2.24, 2.45) is 17.8 Å². The number of phenolic OH excluding ortho intramolecular Hbond substituents is 1. The molecular formula is C30H50O4. The molecule has 1 aliphatic rings. The van der Waals surface area contributed by atoms with Crippen molar-refractivity contribution in [2.45, 2.75) is 131 Å². The minimum absolute atomic E-state index is 0.119. The number of phenols is 1. The predicted octanol–water partition coefficient (Wildman–Crippen LogP) is 8.16. The fourth-order valence-electron chi connectivity index (χ4n) is 5.49. The summed E-state index contributed by atoms with van der Waals surface area (Å²) >= 11 is 0. The molecule has 0 spiro atoms. The zero-order valence-electron chi connectivity index (χ0n) is 22.9. The summed E-state index contributed by atoms with van der Waals surface area (Å²) in [5.41, 5.74) is 2.84. The van der Waals surface area contributed by atoms with Gasteiger partial charge in [0.05, 0.1) is 6.42 Å². The van der Waals surface area contributed by atoms with E-state index in [1.54, 1.807) is 0 Å². The van der Waals surface area contributed by atoms with Crippen LogP contribution in [-0.4, -0.2) is 21.8 Å². The summed E-state index contributed by atoms with van der Waals surface area (Å²) < 4.78 is 6.55.